The van der Waals surface area contributed by atoms with Crippen LogP contribution in [0.4, 0.5) is 17.3 Å². The monoisotopic (exact) mass is 526 g/mol. The van der Waals surface area contributed by atoms with Crippen LogP contribution in [0.15, 0.2) is 60.0 Å². The summed E-state index contributed by atoms with van der Waals surface area (Å²) in [5.41, 5.74) is 3.19. The van der Waals surface area contributed by atoms with Crippen LogP contribution >= 0.6 is 0 Å². The molecule has 4 aromatic rings. The number of allylic oxidation sites excluding steroid dienone is 1. The molecule has 3 aromatic heterocycles. The van der Waals surface area contributed by atoms with Crippen molar-refractivity contribution >= 4 is 28.4 Å². The Balaban J connectivity index is 1.36. The number of hydrogen-bond acceptors (Lipinski definition) is 8. The van der Waals surface area contributed by atoms with E-state index in [4.69, 9.17) is 9.97 Å². The molecule has 1 aliphatic heterocycles. The van der Waals surface area contributed by atoms with Crippen LogP contribution in [0, 0.1) is 6.92 Å². The van der Waals surface area contributed by atoms with Crippen LogP contribution in [0.2, 0.25) is 0 Å². The lowest BCUT2D eigenvalue weighted by molar-refractivity contribution is -0.0426. The molecule has 0 unspecified atom stereocenters. The highest BCUT2D eigenvalue weighted by Gasteiger charge is 2.38. The minimum atomic E-state index is -0.918. The summed E-state index contributed by atoms with van der Waals surface area (Å²) in [6, 6.07) is 11.8. The van der Waals surface area contributed by atoms with Gasteiger partial charge in [-0.1, -0.05) is 12.1 Å². The number of pyridine rings is 1. The zero-order valence-corrected chi connectivity index (χ0v) is 22.5. The second-order valence-corrected chi connectivity index (χ2v) is 10.6. The molecule has 10 heteroatoms. The molecule has 2 fully saturated rings. The zero-order valence-electron chi connectivity index (χ0n) is 22.5. The molecule has 2 N–H and O–H groups in total. The molecule has 0 atom stereocenters. The first-order valence-electron chi connectivity index (χ1n) is 13.5. The van der Waals surface area contributed by atoms with E-state index in [1.165, 1.54) is 11.3 Å². The number of fused-ring (bicyclic) bond motifs is 1. The van der Waals surface area contributed by atoms with E-state index >= 15 is 0 Å². The van der Waals surface area contributed by atoms with Crippen molar-refractivity contribution in [2.24, 2.45) is 0 Å². The molecule has 202 valence electrons. The second-order valence-electron chi connectivity index (χ2n) is 10.6. The van der Waals surface area contributed by atoms with Crippen LogP contribution in [-0.4, -0.2) is 67.5 Å². The Bertz CT molecular complexity index is 1590. The number of aliphatic hydroxyl groups is 1. The van der Waals surface area contributed by atoms with Gasteiger partial charge in [0, 0.05) is 43.8 Å². The molecular formula is C29H34N8O2. The Morgan fingerprint density at radius 1 is 1.13 bits per heavy atom. The van der Waals surface area contributed by atoms with E-state index in [9.17, 15) is 9.90 Å². The van der Waals surface area contributed by atoms with E-state index in [0.717, 1.165) is 38.3 Å². The summed E-state index contributed by atoms with van der Waals surface area (Å²) >= 11 is 0. The van der Waals surface area contributed by atoms with Crippen molar-refractivity contribution in [3.05, 3.63) is 76.9 Å². The number of aromatic nitrogens is 5. The number of hydrogen-bond donors (Lipinski definition) is 2. The minimum absolute atomic E-state index is 0.224. The Kier molecular flexibility index (Phi) is 6.44. The van der Waals surface area contributed by atoms with Crippen LogP contribution < -0.4 is 15.8 Å². The third-order valence-corrected chi connectivity index (χ3v) is 7.88. The fourth-order valence-electron chi connectivity index (χ4n) is 5.44. The van der Waals surface area contributed by atoms with Crippen molar-refractivity contribution in [2.75, 3.05) is 43.4 Å². The quantitative estimate of drug-likeness (QED) is 0.354. The SMILES string of the molecule is C=CCn1c(=O)c2cnc(Nc3ccc(N4CCN(C)CC4)c(C)c3)nc2n1-c1cccc(C2(O)CCC2)n1. The number of aryl methyl sites for hydroxylation is 1. The van der Waals surface area contributed by atoms with Gasteiger partial charge in [0.1, 0.15) is 11.0 Å². The van der Waals surface area contributed by atoms with E-state index < -0.39 is 5.60 Å². The molecule has 1 aromatic carbocycles. The van der Waals surface area contributed by atoms with Gasteiger partial charge >= 0.3 is 0 Å². The number of nitrogens with one attached hydrogen (secondary N) is 1. The summed E-state index contributed by atoms with van der Waals surface area (Å²) in [4.78, 5) is 32.0. The normalized spacial score (nSPS) is 17.3. The minimum Gasteiger partial charge on any atom is -0.384 e. The molecule has 10 nitrogen and oxygen atoms in total. The molecular weight excluding hydrogens is 492 g/mol. The van der Waals surface area contributed by atoms with Gasteiger partial charge in [0.25, 0.3) is 5.56 Å². The van der Waals surface area contributed by atoms with E-state index in [-0.39, 0.29) is 12.1 Å². The standard InChI is InChI=1S/C29H34N8O2/c1-4-13-36-27(38)22-19-30-28(31-21-9-10-23(20(2)18-21)35-16-14-34(3)15-17-35)33-26(22)37(36)25-8-5-7-24(32-25)29(39)11-6-12-29/h4-5,7-10,18-19,39H,1,6,11-17H2,2-3H3,(H,30,31,33). The topological polar surface area (TPSA) is 104 Å². The van der Waals surface area contributed by atoms with Gasteiger partial charge in [0.05, 0.1) is 12.2 Å². The first kappa shape index (κ1) is 25.3. The predicted octanol–water partition coefficient (Wildman–Crippen LogP) is 3.34. The Labute approximate surface area is 227 Å². The summed E-state index contributed by atoms with van der Waals surface area (Å²) in [6.45, 7) is 10.3. The van der Waals surface area contributed by atoms with Gasteiger partial charge in [-0.2, -0.15) is 4.98 Å². The highest BCUT2D eigenvalue weighted by Crippen LogP contribution is 2.40. The first-order valence-corrected chi connectivity index (χ1v) is 13.5. The predicted molar refractivity (Wildman–Crippen MR) is 153 cm³/mol. The van der Waals surface area contributed by atoms with E-state index in [1.54, 1.807) is 21.6 Å². The van der Waals surface area contributed by atoms with Gasteiger partial charge in [0.15, 0.2) is 11.5 Å². The van der Waals surface area contributed by atoms with Gasteiger partial charge in [-0.15, -0.1) is 6.58 Å². The molecule has 0 radical (unpaired) electrons. The summed E-state index contributed by atoms with van der Waals surface area (Å²) in [7, 11) is 2.16. The number of rotatable bonds is 7. The molecule has 0 bridgehead atoms. The van der Waals surface area contributed by atoms with Crippen molar-refractivity contribution < 1.29 is 5.11 Å². The average Bonchev–Trinajstić information content (AvgIpc) is 3.19. The Morgan fingerprint density at radius 2 is 1.92 bits per heavy atom. The maximum Gasteiger partial charge on any atom is 0.278 e. The lowest BCUT2D eigenvalue weighted by Crippen LogP contribution is -2.44. The van der Waals surface area contributed by atoms with Gasteiger partial charge in [-0.25, -0.2) is 19.3 Å². The van der Waals surface area contributed by atoms with Crippen LogP contribution in [-0.2, 0) is 12.1 Å². The summed E-state index contributed by atoms with van der Waals surface area (Å²) < 4.78 is 3.24. The van der Waals surface area contributed by atoms with Crippen LogP contribution in [0.5, 0.6) is 0 Å². The Hall–Kier alpha value is -4.02. The Morgan fingerprint density at radius 3 is 2.62 bits per heavy atom. The fraction of sp³-hybridized carbons (Fsp3) is 0.379. The van der Waals surface area contributed by atoms with Crippen molar-refractivity contribution in [2.45, 2.75) is 38.3 Å². The molecule has 1 aliphatic carbocycles. The number of anilines is 3. The van der Waals surface area contributed by atoms with Crippen molar-refractivity contribution in [3.8, 4) is 5.82 Å². The highest BCUT2D eigenvalue weighted by atomic mass is 16.3. The van der Waals surface area contributed by atoms with E-state index in [0.29, 0.717) is 41.3 Å². The number of benzene rings is 1. The summed E-state index contributed by atoms with van der Waals surface area (Å²) in [6.07, 6.45) is 5.54. The van der Waals surface area contributed by atoms with Crippen LogP contribution in [0.3, 0.4) is 0 Å². The molecule has 4 heterocycles. The fourth-order valence-corrected chi connectivity index (χ4v) is 5.44. The number of piperazine rings is 1. The number of nitrogens with zero attached hydrogens (tertiary/aromatic N) is 7. The van der Waals surface area contributed by atoms with E-state index in [1.807, 2.05) is 24.3 Å². The van der Waals surface area contributed by atoms with Crippen molar-refractivity contribution in [3.63, 3.8) is 0 Å². The molecule has 39 heavy (non-hydrogen) atoms. The lowest BCUT2D eigenvalue weighted by Gasteiger charge is -2.36. The maximum absolute atomic E-state index is 13.3. The highest BCUT2D eigenvalue weighted by molar-refractivity contribution is 5.77. The molecule has 2 aliphatic rings. The molecule has 1 saturated carbocycles. The third-order valence-electron chi connectivity index (χ3n) is 7.88. The lowest BCUT2D eigenvalue weighted by atomic mass is 9.77. The van der Waals surface area contributed by atoms with Crippen LogP contribution in [0.1, 0.15) is 30.5 Å². The first-order chi connectivity index (χ1) is 18.9. The average molecular weight is 527 g/mol. The van der Waals surface area contributed by atoms with Crippen molar-refractivity contribution in [1.82, 2.24) is 29.2 Å². The molecule has 6 rings (SSSR count). The largest absolute Gasteiger partial charge is 0.384 e. The second kappa shape index (κ2) is 9.94. The van der Waals surface area contributed by atoms with Gasteiger partial charge < -0.3 is 20.2 Å². The molecule has 1 saturated heterocycles. The molecule has 0 amide bonds. The van der Waals surface area contributed by atoms with E-state index in [2.05, 4.69) is 52.8 Å². The number of likely N-dealkylation sites (N-methyl/N-ethyl adjacent to an activating group) is 1. The molecule has 0 spiro atoms. The van der Waals surface area contributed by atoms with Gasteiger partial charge in [-0.3, -0.25) is 4.79 Å². The third kappa shape index (κ3) is 4.59. The zero-order chi connectivity index (χ0) is 27.1. The summed E-state index contributed by atoms with van der Waals surface area (Å²) in [5.74, 6) is 0.895. The smallest absolute Gasteiger partial charge is 0.278 e. The van der Waals surface area contributed by atoms with Gasteiger partial charge in [-0.05, 0) is 69.1 Å². The van der Waals surface area contributed by atoms with Crippen LogP contribution in [0.25, 0.3) is 16.9 Å². The summed E-state index contributed by atoms with van der Waals surface area (Å²) in [5, 5.41) is 14.6. The van der Waals surface area contributed by atoms with Gasteiger partial charge in [0.2, 0.25) is 5.95 Å². The van der Waals surface area contributed by atoms with Crippen molar-refractivity contribution in [1.29, 1.82) is 0 Å². The maximum atomic E-state index is 13.3.